The van der Waals surface area contributed by atoms with Crippen molar-refractivity contribution in [2.75, 3.05) is 0 Å². The lowest BCUT2D eigenvalue weighted by Gasteiger charge is -2.21. The SMILES string of the molecule is FC(F)(F)Oc1cccc(CC2=CC3CCC(C2)N3)c1. The van der Waals surface area contributed by atoms with Gasteiger partial charge in [0.05, 0.1) is 0 Å². The number of halogens is 3. The maximum atomic E-state index is 12.2. The van der Waals surface area contributed by atoms with E-state index < -0.39 is 6.36 Å². The first-order chi connectivity index (χ1) is 9.48. The number of hydrogen-bond acceptors (Lipinski definition) is 2. The molecule has 3 rings (SSSR count). The first-order valence-corrected chi connectivity index (χ1v) is 6.78. The summed E-state index contributed by atoms with van der Waals surface area (Å²) < 4.78 is 40.6. The van der Waals surface area contributed by atoms with Gasteiger partial charge in [0.15, 0.2) is 0 Å². The summed E-state index contributed by atoms with van der Waals surface area (Å²) in [5, 5.41) is 3.50. The summed E-state index contributed by atoms with van der Waals surface area (Å²) in [6.07, 6.45) is 1.62. The molecule has 20 heavy (non-hydrogen) atoms. The molecule has 0 aromatic heterocycles. The third-order valence-corrected chi connectivity index (χ3v) is 3.78. The molecule has 1 saturated heterocycles. The monoisotopic (exact) mass is 283 g/mol. The second kappa shape index (κ2) is 5.13. The quantitative estimate of drug-likeness (QED) is 0.856. The predicted octanol–water partition coefficient (Wildman–Crippen LogP) is 3.58. The molecule has 2 aliphatic rings. The topological polar surface area (TPSA) is 21.3 Å². The van der Waals surface area contributed by atoms with E-state index in [0.29, 0.717) is 18.5 Å². The largest absolute Gasteiger partial charge is 0.573 e. The van der Waals surface area contributed by atoms with E-state index in [1.165, 1.54) is 24.1 Å². The van der Waals surface area contributed by atoms with Crippen molar-refractivity contribution in [3.8, 4) is 5.75 Å². The van der Waals surface area contributed by atoms with Gasteiger partial charge in [0.1, 0.15) is 5.75 Å². The smallest absolute Gasteiger partial charge is 0.406 e. The van der Waals surface area contributed by atoms with Crippen LogP contribution in [0.4, 0.5) is 13.2 Å². The number of benzene rings is 1. The molecule has 0 spiro atoms. The van der Waals surface area contributed by atoms with Crippen LogP contribution in [0.2, 0.25) is 0 Å². The fraction of sp³-hybridized carbons (Fsp3) is 0.467. The lowest BCUT2D eigenvalue weighted by atomic mass is 9.96. The molecule has 0 saturated carbocycles. The van der Waals surface area contributed by atoms with Crippen LogP contribution in [0.3, 0.4) is 0 Å². The molecule has 1 N–H and O–H groups in total. The normalized spacial score (nSPS) is 25.4. The van der Waals surface area contributed by atoms with Crippen LogP contribution >= 0.6 is 0 Å². The van der Waals surface area contributed by atoms with Gasteiger partial charge in [-0.3, -0.25) is 0 Å². The summed E-state index contributed by atoms with van der Waals surface area (Å²) in [7, 11) is 0. The maximum absolute atomic E-state index is 12.2. The average Bonchev–Trinajstić information content (AvgIpc) is 2.67. The van der Waals surface area contributed by atoms with Gasteiger partial charge in [-0.1, -0.05) is 23.8 Å². The molecule has 1 aromatic carbocycles. The van der Waals surface area contributed by atoms with Gasteiger partial charge in [-0.25, -0.2) is 0 Å². The summed E-state index contributed by atoms with van der Waals surface area (Å²) in [4.78, 5) is 0. The van der Waals surface area contributed by atoms with Crippen molar-refractivity contribution >= 4 is 0 Å². The lowest BCUT2D eigenvalue weighted by molar-refractivity contribution is -0.274. The van der Waals surface area contributed by atoms with E-state index in [2.05, 4.69) is 16.1 Å². The van der Waals surface area contributed by atoms with E-state index in [1.54, 1.807) is 6.07 Å². The highest BCUT2D eigenvalue weighted by Crippen LogP contribution is 2.29. The van der Waals surface area contributed by atoms with E-state index in [1.807, 2.05) is 6.07 Å². The van der Waals surface area contributed by atoms with Crippen LogP contribution in [0, 0.1) is 0 Å². The zero-order chi connectivity index (χ0) is 14.2. The number of alkyl halides is 3. The van der Waals surface area contributed by atoms with E-state index in [-0.39, 0.29) is 5.75 Å². The predicted molar refractivity (Wildman–Crippen MR) is 69.5 cm³/mol. The fourth-order valence-corrected chi connectivity index (χ4v) is 3.06. The van der Waals surface area contributed by atoms with E-state index >= 15 is 0 Å². The molecule has 108 valence electrons. The molecule has 2 heterocycles. The average molecular weight is 283 g/mol. The van der Waals surface area contributed by atoms with E-state index in [9.17, 15) is 13.2 Å². The molecule has 0 amide bonds. The van der Waals surface area contributed by atoms with Gasteiger partial charge in [0.2, 0.25) is 0 Å². The molecular weight excluding hydrogens is 267 g/mol. The summed E-state index contributed by atoms with van der Waals surface area (Å²) in [6, 6.07) is 7.23. The van der Waals surface area contributed by atoms with Gasteiger partial charge in [-0.05, 0) is 43.4 Å². The minimum Gasteiger partial charge on any atom is -0.406 e. The second-order valence-electron chi connectivity index (χ2n) is 5.45. The first kappa shape index (κ1) is 13.5. The van der Waals surface area contributed by atoms with Crippen molar-refractivity contribution in [3.05, 3.63) is 41.5 Å². The minimum atomic E-state index is -4.63. The molecule has 5 heteroatoms. The number of nitrogens with one attached hydrogen (secondary N) is 1. The summed E-state index contributed by atoms with van der Waals surface area (Å²) in [5.74, 6) is -0.146. The summed E-state index contributed by atoms with van der Waals surface area (Å²) in [5.41, 5.74) is 2.17. The highest BCUT2D eigenvalue weighted by molar-refractivity contribution is 5.33. The van der Waals surface area contributed by atoms with Crippen molar-refractivity contribution in [1.29, 1.82) is 0 Å². The zero-order valence-electron chi connectivity index (χ0n) is 10.9. The Hall–Kier alpha value is -1.49. The summed E-state index contributed by atoms with van der Waals surface area (Å²) >= 11 is 0. The molecule has 2 bridgehead atoms. The van der Waals surface area contributed by atoms with Crippen LogP contribution in [0.1, 0.15) is 24.8 Å². The minimum absolute atomic E-state index is 0.146. The van der Waals surface area contributed by atoms with Crippen LogP contribution in [0.5, 0.6) is 5.75 Å². The third-order valence-electron chi connectivity index (χ3n) is 3.78. The van der Waals surface area contributed by atoms with Crippen LogP contribution in [-0.4, -0.2) is 18.4 Å². The Labute approximate surface area is 115 Å². The van der Waals surface area contributed by atoms with Gasteiger partial charge in [-0.15, -0.1) is 13.2 Å². The fourth-order valence-electron chi connectivity index (χ4n) is 3.06. The highest BCUT2D eigenvalue weighted by Gasteiger charge is 2.31. The second-order valence-corrected chi connectivity index (χ2v) is 5.45. The van der Waals surface area contributed by atoms with Crippen molar-refractivity contribution in [2.24, 2.45) is 0 Å². The molecule has 2 atom stereocenters. The van der Waals surface area contributed by atoms with Crippen molar-refractivity contribution < 1.29 is 17.9 Å². The van der Waals surface area contributed by atoms with Crippen molar-refractivity contribution in [1.82, 2.24) is 5.32 Å². The van der Waals surface area contributed by atoms with Gasteiger partial charge in [-0.2, -0.15) is 0 Å². The zero-order valence-corrected chi connectivity index (χ0v) is 10.9. The Morgan fingerprint density at radius 1 is 1.25 bits per heavy atom. The Bertz CT molecular complexity index is 524. The molecule has 0 radical (unpaired) electrons. The molecule has 0 aliphatic carbocycles. The number of rotatable bonds is 3. The molecule has 2 unspecified atom stereocenters. The lowest BCUT2D eigenvalue weighted by Crippen LogP contribution is -2.32. The standard InChI is InChI=1S/C15H16F3NO/c16-15(17,18)20-14-3-1-2-10(9-14)6-11-7-12-4-5-13(8-11)19-12/h1-3,7,9,12-13,19H,4-6,8H2. The van der Waals surface area contributed by atoms with Crippen molar-refractivity contribution in [2.45, 2.75) is 44.1 Å². The Balaban J connectivity index is 1.70. The van der Waals surface area contributed by atoms with Gasteiger partial charge in [0, 0.05) is 12.1 Å². The number of fused-ring (bicyclic) bond motifs is 2. The molecule has 2 aliphatic heterocycles. The van der Waals surface area contributed by atoms with Crippen molar-refractivity contribution in [3.63, 3.8) is 0 Å². The van der Waals surface area contributed by atoms with Crippen LogP contribution in [0.15, 0.2) is 35.9 Å². The maximum Gasteiger partial charge on any atom is 0.573 e. The number of hydrogen-bond donors (Lipinski definition) is 1. The summed E-state index contributed by atoms with van der Waals surface area (Å²) in [6.45, 7) is 0. The van der Waals surface area contributed by atoms with E-state index in [0.717, 1.165) is 18.4 Å². The van der Waals surface area contributed by atoms with Gasteiger partial charge < -0.3 is 10.1 Å². The molecule has 1 fully saturated rings. The third kappa shape index (κ3) is 3.33. The Morgan fingerprint density at radius 2 is 2.10 bits per heavy atom. The highest BCUT2D eigenvalue weighted by atomic mass is 19.4. The molecule has 2 nitrogen and oxygen atoms in total. The van der Waals surface area contributed by atoms with Gasteiger partial charge >= 0.3 is 6.36 Å². The van der Waals surface area contributed by atoms with Gasteiger partial charge in [0.25, 0.3) is 0 Å². The van der Waals surface area contributed by atoms with Crippen LogP contribution in [-0.2, 0) is 6.42 Å². The Morgan fingerprint density at radius 3 is 2.85 bits per heavy atom. The number of ether oxygens (including phenoxy) is 1. The molecule has 1 aromatic rings. The first-order valence-electron chi connectivity index (χ1n) is 6.78. The van der Waals surface area contributed by atoms with Crippen LogP contribution < -0.4 is 10.1 Å². The van der Waals surface area contributed by atoms with E-state index in [4.69, 9.17) is 0 Å². The molecular formula is C15H16F3NO. The van der Waals surface area contributed by atoms with Crippen LogP contribution in [0.25, 0.3) is 0 Å². The Kier molecular flexibility index (Phi) is 3.46.